The first-order chi connectivity index (χ1) is 14.6. The van der Waals surface area contributed by atoms with Gasteiger partial charge in [0.2, 0.25) is 0 Å². The second-order valence-corrected chi connectivity index (χ2v) is 6.04. The van der Waals surface area contributed by atoms with Crippen molar-refractivity contribution in [3.8, 4) is 24.7 Å². The zero-order valence-corrected chi connectivity index (χ0v) is 16.0. The minimum absolute atomic E-state index is 0.0937. The van der Waals surface area contributed by atoms with Gasteiger partial charge in [-0.25, -0.2) is 24.3 Å². The number of nitriles is 1. The summed E-state index contributed by atoms with van der Waals surface area (Å²) in [6.07, 6.45) is 10.9. The SMILES string of the molecule is C#C.Cc1c(F)ccc2nc(CNc3ncnc(N)c3C#N)n(-c3ccccn3)c12. The molecular formula is C21H17FN8. The van der Waals surface area contributed by atoms with Gasteiger partial charge in [0.15, 0.2) is 0 Å². The highest BCUT2D eigenvalue weighted by molar-refractivity contribution is 5.81. The number of anilines is 2. The van der Waals surface area contributed by atoms with Crippen LogP contribution in [-0.4, -0.2) is 24.5 Å². The fraction of sp³-hybridized carbons (Fsp3) is 0.0952. The van der Waals surface area contributed by atoms with Crippen molar-refractivity contribution in [2.24, 2.45) is 0 Å². The lowest BCUT2D eigenvalue weighted by Crippen LogP contribution is -2.11. The van der Waals surface area contributed by atoms with Gasteiger partial charge >= 0.3 is 0 Å². The molecule has 0 spiro atoms. The van der Waals surface area contributed by atoms with E-state index in [0.717, 1.165) is 0 Å². The Hall–Kier alpha value is -4.50. The molecule has 4 aromatic rings. The summed E-state index contributed by atoms with van der Waals surface area (Å²) in [5, 5.41) is 12.4. The standard InChI is InChI=1S/C19H15FN8.C2H2/c1-11-13(20)5-6-14-17(11)28(15-4-2-3-7-23-15)16(27-14)9-24-19-12(8-21)18(22)25-10-26-19;1-2/h2-7,10H,9H2,1H3,(H3,22,24,25,26);1-2H. The van der Waals surface area contributed by atoms with Gasteiger partial charge in [-0.15, -0.1) is 12.8 Å². The van der Waals surface area contributed by atoms with Crippen LogP contribution < -0.4 is 11.1 Å². The quantitative estimate of drug-likeness (QED) is 0.506. The molecule has 0 amide bonds. The van der Waals surface area contributed by atoms with Gasteiger partial charge in [0.25, 0.3) is 0 Å². The average molecular weight is 400 g/mol. The summed E-state index contributed by atoms with van der Waals surface area (Å²) in [4.78, 5) is 16.9. The van der Waals surface area contributed by atoms with E-state index in [1.807, 2.05) is 18.2 Å². The van der Waals surface area contributed by atoms with E-state index in [4.69, 9.17) is 5.73 Å². The van der Waals surface area contributed by atoms with Crippen LogP contribution in [0.5, 0.6) is 0 Å². The molecule has 148 valence electrons. The zero-order valence-electron chi connectivity index (χ0n) is 16.0. The highest BCUT2D eigenvalue weighted by atomic mass is 19.1. The summed E-state index contributed by atoms with van der Waals surface area (Å²) < 4.78 is 16.0. The van der Waals surface area contributed by atoms with Crippen molar-refractivity contribution >= 4 is 22.7 Å². The fourth-order valence-electron chi connectivity index (χ4n) is 3.01. The van der Waals surface area contributed by atoms with E-state index >= 15 is 0 Å². The van der Waals surface area contributed by atoms with Crippen LogP contribution in [0.15, 0.2) is 42.9 Å². The van der Waals surface area contributed by atoms with Crippen molar-refractivity contribution in [1.82, 2.24) is 24.5 Å². The molecule has 1 aromatic carbocycles. The first kappa shape index (κ1) is 20.2. The van der Waals surface area contributed by atoms with Crippen molar-refractivity contribution in [2.75, 3.05) is 11.1 Å². The fourth-order valence-corrected chi connectivity index (χ4v) is 3.01. The Labute approximate surface area is 172 Å². The average Bonchev–Trinajstić information content (AvgIpc) is 3.16. The van der Waals surface area contributed by atoms with Crippen LogP contribution >= 0.6 is 0 Å². The lowest BCUT2D eigenvalue weighted by Gasteiger charge is -2.11. The molecule has 3 heterocycles. The Morgan fingerprint density at radius 1 is 1.20 bits per heavy atom. The maximum atomic E-state index is 14.2. The molecule has 0 unspecified atom stereocenters. The molecule has 9 heteroatoms. The van der Waals surface area contributed by atoms with Crippen LogP contribution in [0.2, 0.25) is 0 Å². The summed E-state index contributed by atoms with van der Waals surface area (Å²) in [5.41, 5.74) is 7.65. The third kappa shape index (κ3) is 3.60. The van der Waals surface area contributed by atoms with E-state index in [0.29, 0.717) is 34.1 Å². The van der Waals surface area contributed by atoms with Crippen LogP contribution in [0.1, 0.15) is 17.0 Å². The predicted octanol–water partition coefficient (Wildman–Crippen LogP) is 2.97. The number of aromatic nitrogens is 5. The van der Waals surface area contributed by atoms with Gasteiger partial charge in [-0.1, -0.05) is 6.07 Å². The zero-order chi connectivity index (χ0) is 21.7. The lowest BCUT2D eigenvalue weighted by atomic mass is 10.2. The van der Waals surface area contributed by atoms with E-state index in [1.165, 1.54) is 12.4 Å². The number of aryl methyl sites for hydroxylation is 1. The Balaban J connectivity index is 0.00000124. The number of nitrogen functional groups attached to an aromatic ring is 1. The summed E-state index contributed by atoms with van der Waals surface area (Å²) in [6, 6.07) is 10.5. The van der Waals surface area contributed by atoms with Gasteiger partial charge in [0, 0.05) is 11.8 Å². The number of nitrogens with two attached hydrogens (primary N) is 1. The summed E-state index contributed by atoms with van der Waals surface area (Å²) >= 11 is 0. The number of rotatable bonds is 4. The van der Waals surface area contributed by atoms with E-state index in [9.17, 15) is 9.65 Å². The second kappa shape index (κ2) is 8.67. The monoisotopic (exact) mass is 400 g/mol. The topological polar surface area (TPSA) is 118 Å². The normalized spacial score (nSPS) is 10.1. The summed E-state index contributed by atoms with van der Waals surface area (Å²) in [7, 11) is 0. The number of terminal acetylenes is 1. The van der Waals surface area contributed by atoms with Crippen LogP contribution in [-0.2, 0) is 6.54 Å². The molecule has 0 fully saturated rings. The molecule has 0 saturated carbocycles. The molecule has 0 saturated heterocycles. The van der Waals surface area contributed by atoms with E-state index < -0.39 is 0 Å². The number of pyridine rings is 1. The molecule has 3 aromatic heterocycles. The number of hydrogen-bond acceptors (Lipinski definition) is 7. The summed E-state index contributed by atoms with van der Waals surface area (Å²) in [6.45, 7) is 1.92. The van der Waals surface area contributed by atoms with Crippen molar-refractivity contribution in [3.63, 3.8) is 0 Å². The number of halogens is 1. The van der Waals surface area contributed by atoms with E-state index in [2.05, 4.69) is 38.1 Å². The van der Waals surface area contributed by atoms with Crippen LogP contribution in [0.4, 0.5) is 16.0 Å². The lowest BCUT2D eigenvalue weighted by molar-refractivity contribution is 0.620. The maximum absolute atomic E-state index is 14.2. The molecule has 3 N–H and O–H groups in total. The molecule has 0 atom stereocenters. The predicted molar refractivity (Wildman–Crippen MR) is 112 cm³/mol. The number of fused-ring (bicyclic) bond motifs is 1. The molecule has 0 radical (unpaired) electrons. The largest absolute Gasteiger partial charge is 0.382 e. The van der Waals surface area contributed by atoms with Crippen molar-refractivity contribution in [1.29, 1.82) is 5.26 Å². The molecule has 0 aliphatic rings. The van der Waals surface area contributed by atoms with Gasteiger partial charge in [-0.05, 0) is 31.2 Å². The first-order valence-corrected chi connectivity index (χ1v) is 8.75. The van der Waals surface area contributed by atoms with Crippen molar-refractivity contribution in [2.45, 2.75) is 13.5 Å². The first-order valence-electron chi connectivity index (χ1n) is 8.75. The highest BCUT2D eigenvalue weighted by Gasteiger charge is 2.18. The molecule has 4 rings (SSSR count). The molecule has 0 aliphatic heterocycles. The number of hydrogen-bond donors (Lipinski definition) is 2. The highest BCUT2D eigenvalue weighted by Crippen LogP contribution is 2.26. The number of imidazole rings is 1. The van der Waals surface area contributed by atoms with Gasteiger partial charge in [0.05, 0.1) is 17.6 Å². The van der Waals surface area contributed by atoms with Crippen LogP contribution in [0.3, 0.4) is 0 Å². The minimum atomic E-state index is -0.320. The van der Waals surface area contributed by atoms with E-state index in [1.54, 1.807) is 29.8 Å². The van der Waals surface area contributed by atoms with Gasteiger partial charge in [-0.3, -0.25) is 4.57 Å². The Kier molecular flexibility index (Phi) is 5.85. The Morgan fingerprint density at radius 3 is 2.70 bits per heavy atom. The summed E-state index contributed by atoms with van der Waals surface area (Å²) in [5.74, 6) is 1.27. The van der Waals surface area contributed by atoms with Gasteiger partial charge < -0.3 is 11.1 Å². The maximum Gasteiger partial charge on any atom is 0.149 e. The molecule has 0 aliphatic carbocycles. The number of nitrogens with zero attached hydrogens (tertiary/aromatic N) is 6. The van der Waals surface area contributed by atoms with Crippen molar-refractivity contribution in [3.05, 3.63) is 65.6 Å². The number of nitrogens with one attached hydrogen (secondary N) is 1. The Morgan fingerprint density at radius 2 is 2.00 bits per heavy atom. The van der Waals surface area contributed by atoms with Crippen LogP contribution in [0.25, 0.3) is 16.9 Å². The molecule has 8 nitrogen and oxygen atoms in total. The third-order valence-electron chi connectivity index (χ3n) is 4.36. The van der Waals surface area contributed by atoms with Crippen LogP contribution in [0, 0.1) is 36.9 Å². The van der Waals surface area contributed by atoms with Gasteiger partial charge in [-0.2, -0.15) is 5.26 Å². The molecule has 30 heavy (non-hydrogen) atoms. The number of benzene rings is 1. The van der Waals surface area contributed by atoms with Crippen molar-refractivity contribution < 1.29 is 4.39 Å². The van der Waals surface area contributed by atoms with Gasteiger partial charge in [0.1, 0.15) is 47.1 Å². The third-order valence-corrected chi connectivity index (χ3v) is 4.36. The second-order valence-electron chi connectivity index (χ2n) is 6.04. The molecular weight excluding hydrogens is 383 g/mol. The minimum Gasteiger partial charge on any atom is -0.382 e. The van der Waals surface area contributed by atoms with E-state index in [-0.39, 0.29) is 23.7 Å². The molecule has 0 bridgehead atoms. The smallest absolute Gasteiger partial charge is 0.149 e. The Bertz CT molecular complexity index is 1250.